The highest BCUT2D eigenvalue weighted by Crippen LogP contribution is 2.43. The van der Waals surface area contributed by atoms with Crippen molar-refractivity contribution in [1.29, 1.82) is 0 Å². The van der Waals surface area contributed by atoms with Crippen LogP contribution in [0.25, 0.3) is 0 Å². The second-order valence-corrected chi connectivity index (χ2v) is 4.71. The third-order valence-electron chi connectivity index (χ3n) is 3.52. The van der Waals surface area contributed by atoms with E-state index in [-0.39, 0.29) is 28.6 Å². The highest BCUT2D eigenvalue weighted by atomic mass is 16.8. The molecule has 0 atom stereocenters. The largest absolute Gasteiger partial charge is 0.299 e. The molecular weight excluding hydrogens is 266 g/mol. The van der Waals surface area contributed by atoms with Crippen LogP contribution in [0.15, 0.2) is 12.1 Å². The number of nitro benzene ring substituents is 1. The summed E-state index contributed by atoms with van der Waals surface area (Å²) in [6.45, 7) is 0. The lowest BCUT2D eigenvalue weighted by Gasteiger charge is -2.21. The average Bonchev–Trinajstić information content (AvgIpc) is 2.87. The van der Waals surface area contributed by atoms with Gasteiger partial charge in [0, 0.05) is 18.9 Å². The number of anilines is 2. The SMILES string of the molecule is O=C1CCCC(=O)C1c1ccc([N+](=O)[O-])c2c1NON2. The van der Waals surface area contributed by atoms with E-state index >= 15 is 0 Å². The van der Waals surface area contributed by atoms with Gasteiger partial charge in [-0.2, -0.15) is 4.94 Å². The summed E-state index contributed by atoms with van der Waals surface area (Å²) in [4.78, 5) is 39.1. The van der Waals surface area contributed by atoms with Gasteiger partial charge >= 0.3 is 0 Å². The molecule has 0 aromatic heterocycles. The molecule has 2 aliphatic rings. The Morgan fingerprint density at radius 2 is 1.80 bits per heavy atom. The van der Waals surface area contributed by atoms with Crippen LogP contribution in [0.1, 0.15) is 30.7 Å². The van der Waals surface area contributed by atoms with Gasteiger partial charge in [-0.25, -0.2) is 11.0 Å². The molecule has 1 aromatic carbocycles. The summed E-state index contributed by atoms with van der Waals surface area (Å²) in [5, 5.41) is 10.9. The number of carbonyl (C=O) groups excluding carboxylic acids is 2. The van der Waals surface area contributed by atoms with E-state index in [0.29, 0.717) is 24.8 Å². The summed E-state index contributed by atoms with van der Waals surface area (Å²) >= 11 is 0. The Bertz CT molecular complexity index is 612. The molecule has 0 radical (unpaired) electrons. The van der Waals surface area contributed by atoms with Gasteiger partial charge in [0.2, 0.25) is 0 Å². The van der Waals surface area contributed by atoms with Crippen molar-refractivity contribution >= 4 is 28.6 Å². The van der Waals surface area contributed by atoms with Crippen molar-refractivity contribution in [3.8, 4) is 0 Å². The van der Waals surface area contributed by atoms with E-state index in [9.17, 15) is 19.7 Å². The van der Waals surface area contributed by atoms with Crippen LogP contribution in [-0.4, -0.2) is 16.5 Å². The summed E-state index contributed by atoms with van der Waals surface area (Å²) in [6, 6.07) is 2.71. The van der Waals surface area contributed by atoms with Crippen molar-refractivity contribution in [1.82, 2.24) is 0 Å². The Balaban J connectivity index is 2.11. The zero-order valence-corrected chi connectivity index (χ0v) is 10.3. The molecule has 1 aliphatic heterocycles. The molecule has 1 fully saturated rings. The standard InChI is InChI=1S/C12H11N3O5/c16-8-2-1-3-9(17)10(8)6-4-5-7(15(18)19)12-11(6)13-20-14-12/h4-5,10,13-14H,1-3H2. The molecule has 1 aliphatic carbocycles. The summed E-state index contributed by atoms with van der Waals surface area (Å²) < 4.78 is 0. The predicted octanol–water partition coefficient (Wildman–Crippen LogP) is 1.68. The van der Waals surface area contributed by atoms with Crippen LogP contribution in [0.4, 0.5) is 17.1 Å². The molecule has 1 heterocycles. The summed E-state index contributed by atoms with van der Waals surface area (Å²) in [5.41, 5.74) is 5.53. The van der Waals surface area contributed by atoms with E-state index in [1.54, 1.807) is 0 Å². The summed E-state index contributed by atoms with van der Waals surface area (Å²) in [5.74, 6) is -1.19. The first-order valence-electron chi connectivity index (χ1n) is 6.14. The highest BCUT2D eigenvalue weighted by molar-refractivity contribution is 6.11. The van der Waals surface area contributed by atoms with Gasteiger partial charge in [0.05, 0.1) is 10.6 Å². The van der Waals surface area contributed by atoms with Crippen molar-refractivity contribution in [3.63, 3.8) is 0 Å². The topological polar surface area (TPSA) is 111 Å². The molecule has 2 N–H and O–H groups in total. The number of Topliss-reactive ketones (excluding diaryl/α,β-unsaturated/α-hetero) is 2. The van der Waals surface area contributed by atoms with Gasteiger partial charge in [-0.3, -0.25) is 19.7 Å². The number of hydrogen-bond acceptors (Lipinski definition) is 7. The zero-order valence-electron chi connectivity index (χ0n) is 10.3. The van der Waals surface area contributed by atoms with Gasteiger partial charge in [0.25, 0.3) is 5.69 Å². The molecule has 20 heavy (non-hydrogen) atoms. The number of nitrogens with zero attached hydrogens (tertiary/aromatic N) is 1. The second-order valence-electron chi connectivity index (χ2n) is 4.71. The van der Waals surface area contributed by atoms with Crippen LogP contribution in [0.2, 0.25) is 0 Å². The van der Waals surface area contributed by atoms with Crippen molar-refractivity contribution in [2.45, 2.75) is 25.2 Å². The Labute approximate surface area is 113 Å². The van der Waals surface area contributed by atoms with Crippen molar-refractivity contribution in [2.75, 3.05) is 11.0 Å². The van der Waals surface area contributed by atoms with E-state index in [1.165, 1.54) is 12.1 Å². The molecule has 1 saturated carbocycles. The van der Waals surface area contributed by atoms with E-state index in [0.717, 1.165) is 0 Å². The molecule has 3 rings (SSSR count). The van der Waals surface area contributed by atoms with Crippen LogP contribution < -0.4 is 11.0 Å². The molecule has 0 unspecified atom stereocenters. The van der Waals surface area contributed by atoms with E-state index in [2.05, 4.69) is 11.0 Å². The van der Waals surface area contributed by atoms with Crippen LogP contribution in [0.3, 0.4) is 0 Å². The van der Waals surface area contributed by atoms with Gasteiger partial charge in [-0.15, -0.1) is 0 Å². The molecule has 0 amide bonds. The number of rotatable bonds is 2. The third-order valence-corrected chi connectivity index (χ3v) is 3.52. The Morgan fingerprint density at radius 3 is 2.45 bits per heavy atom. The minimum Gasteiger partial charge on any atom is -0.299 e. The first-order chi connectivity index (χ1) is 9.59. The molecule has 0 spiro atoms. The lowest BCUT2D eigenvalue weighted by molar-refractivity contribution is -0.384. The fourth-order valence-electron chi connectivity index (χ4n) is 2.59. The van der Waals surface area contributed by atoms with Crippen molar-refractivity contribution in [3.05, 3.63) is 27.8 Å². The first kappa shape index (κ1) is 12.5. The maximum Gasteiger partial charge on any atom is 0.296 e. The Kier molecular flexibility index (Phi) is 2.87. The highest BCUT2D eigenvalue weighted by Gasteiger charge is 2.36. The minimum absolute atomic E-state index is 0.138. The number of hydrogen-bond donors (Lipinski definition) is 2. The number of ketones is 2. The fraction of sp³-hybridized carbons (Fsp3) is 0.333. The van der Waals surface area contributed by atoms with E-state index in [4.69, 9.17) is 4.94 Å². The van der Waals surface area contributed by atoms with Gasteiger partial charge in [-0.05, 0) is 18.1 Å². The summed E-state index contributed by atoms with van der Waals surface area (Å²) in [6.07, 6.45) is 1.25. The minimum atomic E-state index is -0.866. The number of nitro groups is 1. The lowest BCUT2D eigenvalue weighted by Crippen LogP contribution is -2.27. The molecule has 8 nitrogen and oxygen atoms in total. The van der Waals surface area contributed by atoms with Crippen LogP contribution in [-0.2, 0) is 14.5 Å². The average molecular weight is 277 g/mol. The second kappa shape index (κ2) is 4.57. The molecule has 104 valence electrons. The molecule has 8 heteroatoms. The molecule has 0 saturated heterocycles. The van der Waals surface area contributed by atoms with E-state index < -0.39 is 10.8 Å². The fourth-order valence-corrected chi connectivity index (χ4v) is 2.59. The number of benzene rings is 1. The quantitative estimate of drug-likeness (QED) is 0.480. The maximum absolute atomic E-state index is 12.0. The van der Waals surface area contributed by atoms with Gasteiger partial charge in [0.15, 0.2) is 5.69 Å². The molecular formula is C12H11N3O5. The molecule has 1 aromatic rings. The van der Waals surface area contributed by atoms with Crippen molar-refractivity contribution in [2.24, 2.45) is 0 Å². The van der Waals surface area contributed by atoms with Crippen LogP contribution in [0, 0.1) is 10.1 Å². The summed E-state index contributed by atoms with van der Waals surface area (Å²) in [7, 11) is 0. The predicted molar refractivity (Wildman–Crippen MR) is 68.0 cm³/mol. The number of carbonyl (C=O) groups is 2. The number of nitrogens with one attached hydrogen (secondary N) is 2. The van der Waals surface area contributed by atoms with Gasteiger partial charge in [-0.1, -0.05) is 0 Å². The normalized spacial score (nSPS) is 18.4. The Hall–Kier alpha value is -2.48. The smallest absolute Gasteiger partial charge is 0.296 e. The van der Waals surface area contributed by atoms with Gasteiger partial charge < -0.3 is 0 Å². The Morgan fingerprint density at radius 1 is 1.15 bits per heavy atom. The maximum atomic E-state index is 12.0. The zero-order chi connectivity index (χ0) is 14.3. The van der Waals surface area contributed by atoms with E-state index in [1.807, 2.05) is 0 Å². The molecule has 0 bridgehead atoms. The monoisotopic (exact) mass is 277 g/mol. The van der Waals surface area contributed by atoms with Crippen LogP contribution >= 0.6 is 0 Å². The third kappa shape index (κ3) is 1.81. The van der Waals surface area contributed by atoms with Crippen molar-refractivity contribution < 1.29 is 19.5 Å². The van der Waals surface area contributed by atoms with Gasteiger partial charge in [0.1, 0.15) is 17.5 Å². The first-order valence-corrected chi connectivity index (χ1v) is 6.14. The van der Waals surface area contributed by atoms with Crippen LogP contribution in [0.5, 0.6) is 0 Å². The number of fused-ring (bicyclic) bond motifs is 1. The lowest BCUT2D eigenvalue weighted by atomic mass is 9.81.